The quantitative estimate of drug-likeness (QED) is 0.768. The minimum atomic E-state index is 0.304. The van der Waals surface area contributed by atoms with Crippen molar-refractivity contribution in [2.24, 2.45) is 4.99 Å². The molecule has 28 heavy (non-hydrogen) atoms. The van der Waals surface area contributed by atoms with E-state index in [1.165, 1.54) is 11.3 Å². The zero-order chi connectivity index (χ0) is 20.1. The van der Waals surface area contributed by atoms with Crippen LogP contribution < -0.4 is 10.2 Å². The van der Waals surface area contributed by atoms with Crippen LogP contribution in [-0.4, -0.2) is 53.9 Å². The highest BCUT2D eigenvalue weighted by Gasteiger charge is 2.30. The van der Waals surface area contributed by atoms with Gasteiger partial charge in [-0.3, -0.25) is 4.99 Å². The number of amidine groups is 1. The van der Waals surface area contributed by atoms with Crippen LogP contribution in [0.25, 0.3) is 0 Å². The van der Waals surface area contributed by atoms with Crippen molar-refractivity contribution in [3.8, 4) is 6.07 Å². The van der Waals surface area contributed by atoms with Gasteiger partial charge in [0.15, 0.2) is 0 Å². The first-order valence-electron chi connectivity index (χ1n) is 9.57. The molecule has 1 saturated heterocycles. The number of aliphatic imine (C=N–C) groups is 1. The lowest BCUT2D eigenvalue weighted by molar-refractivity contribution is 0.405. The lowest BCUT2D eigenvalue weighted by Crippen LogP contribution is -2.36. The number of anilines is 1. The van der Waals surface area contributed by atoms with Crippen LogP contribution in [0.15, 0.2) is 53.1 Å². The third kappa shape index (κ3) is 4.06. The number of likely N-dealkylation sites (tertiary alicyclic amines) is 1. The van der Waals surface area contributed by atoms with Gasteiger partial charge in [0.05, 0.1) is 24.0 Å². The lowest BCUT2D eigenvalue weighted by atomic mass is 10.0. The van der Waals surface area contributed by atoms with Gasteiger partial charge in [-0.15, -0.1) is 0 Å². The van der Waals surface area contributed by atoms with E-state index in [-0.39, 0.29) is 0 Å². The first-order valence-corrected chi connectivity index (χ1v) is 9.57. The Morgan fingerprint density at radius 2 is 2.21 bits per heavy atom. The number of aromatic nitrogens is 2. The minimum absolute atomic E-state index is 0.304. The SMILES string of the molecule is C=C(CC)C/C(=C1/C=CNC1=NC)N1CC[C@@H](N(C)c2ncc(C#N)cn2)C1. The zero-order valence-electron chi connectivity index (χ0n) is 16.8. The summed E-state index contributed by atoms with van der Waals surface area (Å²) < 4.78 is 0. The molecule has 1 atom stereocenters. The molecule has 146 valence electrons. The second-order valence-electron chi connectivity index (χ2n) is 7.07. The predicted molar refractivity (Wildman–Crippen MR) is 112 cm³/mol. The molecular formula is C21H27N7. The maximum atomic E-state index is 8.93. The van der Waals surface area contributed by atoms with Crippen molar-refractivity contribution in [2.45, 2.75) is 32.2 Å². The fraction of sp³-hybridized carbons (Fsp3) is 0.429. The number of allylic oxidation sites excluding steroid dienone is 1. The summed E-state index contributed by atoms with van der Waals surface area (Å²) in [7, 11) is 3.83. The first kappa shape index (κ1) is 19.6. The monoisotopic (exact) mass is 377 g/mol. The number of nitrogens with one attached hydrogen (secondary N) is 1. The summed E-state index contributed by atoms with van der Waals surface area (Å²) in [5, 5.41) is 12.2. The smallest absolute Gasteiger partial charge is 0.225 e. The number of nitrogens with zero attached hydrogens (tertiary/aromatic N) is 6. The molecule has 3 heterocycles. The topological polar surface area (TPSA) is 80.4 Å². The maximum absolute atomic E-state index is 8.93. The van der Waals surface area contributed by atoms with E-state index in [2.05, 4.69) is 55.7 Å². The summed E-state index contributed by atoms with van der Waals surface area (Å²) in [6.07, 6.45) is 10.0. The minimum Gasteiger partial charge on any atom is -0.372 e. The molecule has 0 radical (unpaired) electrons. The van der Waals surface area contributed by atoms with Gasteiger partial charge in [0, 0.05) is 51.1 Å². The fourth-order valence-electron chi connectivity index (χ4n) is 3.55. The van der Waals surface area contributed by atoms with Gasteiger partial charge in [0.2, 0.25) is 5.95 Å². The van der Waals surface area contributed by atoms with Crippen LogP contribution in [0, 0.1) is 11.3 Å². The van der Waals surface area contributed by atoms with Gasteiger partial charge in [-0.25, -0.2) is 9.97 Å². The van der Waals surface area contributed by atoms with E-state index < -0.39 is 0 Å². The van der Waals surface area contributed by atoms with E-state index >= 15 is 0 Å². The van der Waals surface area contributed by atoms with Gasteiger partial charge < -0.3 is 15.1 Å². The van der Waals surface area contributed by atoms with Gasteiger partial charge in [-0.05, 0) is 18.9 Å². The van der Waals surface area contributed by atoms with Crippen molar-refractivity contribution < 1.29 is 0 Å². The molecule has 0 spiro atoms. The first-order chi connectivity index (χ1) is 13.6. The molecule has 3 rings (SSSR count). The number of hydrogen-bond acceptors (Lipinski definition) is 6. The van der Waals surface area contributed by atoms with E-state index in [4.69, 9.17) is 5.26 Å². The average Bonchev–Trinajstić information content (AvgIpc) is 3.41. The summed E-state index contributed by atoms with van der Waals surface area (Å²) in [4.78, 5) is 17.6. The maximum Gasteiger partial charge on any atom is 0.225 e. The number of nitriles is 1. The van der Waals surface area contributed by atoms with Crippen LogP contribution in [-0.2, 0) is 0 Å². The van der Waals surface area contributed by atoms with Gasteiger partial charge in [0.25, 0.3) is 0 Å². The second kappa shape index (κ2) is 8.70. The van der Waals surface area contributed by atoms with E-state index in [0.717, 1.165) is 43.8 Å². The van der Waals surface area contributed by atoms with Gasteiger partial charge >= 0.3 is 0 Å². The van der Waals surface area contributed by atoms with Crippen molar-refractivity contribution in [1.82, 2.24) is 20.2 Å². The summed E-state index contributed by atoms with van der Waals surface area (Å²) in [5.41, 5.74) is 4.10. The molecule has 2 aliphatic rings. The third-order valence-corrected chi connectivity index (χ3v) is 5.35. The highest BCUT2D eigenvalue weighted by molar-refractivity contribution is 6.04. The number of rotatable bonds is 6. The molecule has 7 nitrogen and oxygen atoms in total. The van der Waals surface area contributed by atoms with Crippen molar-refractivity contribution in [2.75, 3.05) is 32.1 Å². The molecule has 0 aromatic carbocycles. The molecule has 0 aliphatic carbocycles. The Bertz CT molecular complexity index is 858. The van der Waals surface area contributed by atoms with E-state index in [1.807, 2.05) is 20.3 Å². The van der Waals surface area contributed by atoms with Crippen LogP contribution >= 0.6 is 0 Å². The third-order valence-electron chi connectivity index (χ3n) is 5.35. The summed E-state index contributed by atoms with van der Waals surface area (Å²) >= 11 is 0. The highest BCUT2D eigenvalue weighted by Crippen LogP contribution is 2.29. The average molecular weight is 377 g/mol. The predicted octanol–water partition coefficient (Wildman–Crippen LogP) is 2.61. The normalized spacial score (nSPS) is 21.6. The summed E-state index contributed by atoms with van der Waals surface area (Å²) in [6.45, 7) is 8.22. The zero-order valence-corrected chi connectivity index (χ0v) is 16.8. The number of likely N-dealkylation sites (N-methyl/N-ethyl adjacent to an activating group) is 1. The Labute approximate surface area is 166 Å². The Hall–Kier alpha value is -3.14. The van der Waals surface area contributed by atoms with Gasteiger partial charge in [-0.2, -0.15) is 5.26 Å². The van der Waals surface area contributed by atoms with Crippen LogP contribution in [0.2, 0.25) is 0 Å². The molecule has 7 heteroatoms. The molecular weight excluding hydrogens is 350 g/mol. The van der Waals surface area contributed by atoms with Gasteiger partial charge in [-0.1, -0.05) is 19.1 Å². The molecule has 1 fully saturated rings. The Morgan fingerprint density at radius 1 is 1.46 bits per heavy atom. The summed E-state index contributed by atoms with van der Waals surface area (Å²) in [6, 6.07) is 2.36. The molecule has 1 N–H and O–H groups in total. The molecule has 0 bridgehead atoms. The van der Waals surface area contributed by atoms with Crippen LogP contribution in [0.3, 0.4) is 0 Å². The van der Waals surface area contributed by atoms with Crippen LogP contribution in [0.4, 0.5) is 5.95 Å². The fourth-order valence-corrected chi connectivity index (χ4v) is 3.55. The molecule has 2 aliphatic heterocycles. The lowest BCUT2D eigenvalue weighted by Gasteiger charge is -2.28. The van der Waals surface area contributed by atoms with E-state index in [9.17, 15) is 0 Å². The van der Waals surface area contributed by atoms with Crippen molar-refractivity contribution >= 4 is 11.8 Å². The van der Waals surface area contributed by atoms with Crippen molar-refractivity contribution in [1.29, 1.82) is 5.26 Å². The Morgan fingerprint density at radius 3 is 2.86 bits per heavy atom. The number of hydrogen-bond donors (Lipinski definition) is 1. The molecule has 0 unspecified atom stereocenters. The largest absolute Gasteiger partial charge is 0.372 e. The molecule has 0 amide bonds. The van der Waals surface area contributed by atoms with Gasteiger partial charge in [0.1, 0.15) is 11.9 Å². The van der Waals surface area contributed by atoms with Crippen molar-refractivity contribution in [3.63, 3.8) is 0 Å². The van der Waals surface area contributed by atoms with Crippen LogP contribution in [0.1, 0.15) is 31.7 Å². The second-order valence-corrected chi connectivity index (χ2v) is 7.07. The standard InChI is InChI=1S/C21H27N7/c1-5-15(2)10-19(18-6-8-24-20(18)23-3)28-9-7-17(14-28)27(4)21-25-12-16(11-22)13-26-21/h6,8,12-13,17H,2,5,7,9-10,14H2,1,3-4H3,(H,23,24)/b19-18+/t17-/m1/s1. The van der Waals surface area contributed by atoms with Crippen molar-refractivity contribution in [3.05, 3.63) is 53.7 Å². The summed E-state index contributed by atoms with van der Waals surface area (Å²) in [5.74, 6) is 1.56. The van der Waals surface area contributed by atoms with Crippen LogP contribution in [0.5, 0.6) is 0 Å². The molecule has 0 saturated carbocycles. The molecule has 1 aromatic heterocycles. The highest BCUT2D eigenvalue weighted by atomic mass is 15.3. The Balaban J connectivity index is 1.80. The van der Waals surface area contributed by atoms with E-state index in [1.54, 1.807) is 12.4 Å². The molecule has 1 aromatic rings. The van der Waals surface area contributed by atoms with E-state index in [0.29, 0.717) is 17.6 Å². The Kier molecular flexibility index (Phi) is 6.09.